The topological polar surface area (TPSA) is 110 Å². The molecule has 1 aromatic carbocycles. The fourth-order valence-corrected chi connectivity index (χ4v) is 4.77. The minimum atomic E-state index is -0.767. The Bertz CT molecular complexity index is 963. The van der Waals surface area contributed by atoms with Crippen LogP contribution in [0.3, 0.4) is 0 Å². The number of carbonyl (C=O) groups is 2. The van der Waals surface area contributed by atoms with E-state index >= 15 is 0 Å². The number of hydrogen-bond acceptors (Lipinski definition) is 6. The molecule has 3 N–H and O–H groups in total. The number of fused-ring (bicyclic) bond motifs is 3. The van der Waals surface area contributed by atoms with Crippen LogP contribution in [0, 0.1) is 0 Å². The maximum atomic E-state index is 12.5. The maximum absolute atomic E-state index is 12.5. The molecule has 1 aromatic heterocycles. The lowest BCUT2D eigenvalue weighted by Crippen LogP contribution is -2.70. The largest absolute Gasteiger partial charge is 0.484 e. The van der Waals surface area contributed by atoms with Crippen LogP contribution < -0.4 is 20.1 Å². The van der Waals surface area contributed by atoms with Gasteiger partial charge in [-0.2, -0.15) is 0 Å². The number of nitrogens with zero attached hydrogens (tertiary/aromatic N) is 1. The van der Waals surface area contributed by atoms with Gasteiger partial charge in [0, 0.05) is 22.8 Å². The lowest BCUT2D eigenvalue weighted by molar-refractivity contribution is -0.137. The van der Waals surface area contributed by atoms with Crippen molar-refractivity contribution in [3.63, 3.8) is 0 Å². The van der Waals surface area contributed by atoms with Gasteiger partial charge in [-0.25, -0.2) is 4.98 Å². The smallest absolute Gasteiger partial charge is 0.258 e. The van der Waals surface area contributed by atoms with Gasteiger partial charge < -0.3 is 25.2 Å². The molecule has 0 unspecified atom stereocenters. The molecule has 0 saturated heterocycles. The molecular weight excluding hydrogens is 434 g/mol. The van der Waals surface area contributed by atoms with Crippen molar-refractivity contribution in [2.45, 2.75) is 49.3 Å². The number of carbonyl (C=O) groups excluding carboxylic acids is 2. The number of aliphatic hydroxyl groups is 1. The van der Waals surface area contributed by atoms with Crippen LogP contribution in [0.2, 0.25) is 5.02 Å². The highest BCUT2D eigenvalue weighted by atomic mass is 35.5. The van der Waals surface area contributed by atoms with Crippen LogP contribution in [0.5, 0.6) is 11.6 Å². The molecule has 3 saturated carbocycles. The summed E-state index contributed by atoms with van der Waals surface area (Å²) < 4.78 is 10.9. The van der Waals surface area contributed by atoms with Crippen molar-refractivity contribution in [1.29, 1.82) is 0 Å². The lowest BCUT2D eigenvalue weighted by Gasteiger charge is -2.56. The van der Waals surface area contributed by atoms with Gasteiger partial charge in [-0.15, -0.1) is 0 Å². The third-order valence-electron chi connectivity index (χ3n) is 6.27. The predicted molar refractivity (Wildman–Crippen MR) is 118 cm³/mol. The molecule has 3 fully saturated rings. The molecule has 1 heterocycles. The molecule has 9 heteroatoms. The first-order valence-electron chi connectivity index (χ1n) is 10.6. The Kier molecular flexibility index (Phi) is 6.53. The third kappa shape index (κ3) is 5.14. The number of halogens is 1. The summed E-state index contributed by atoms with van der Waals surface area (Å²) in [4.78, 5) is 29.0. The second-order valence-corrected chi connectivity index (χ2v) is 8.89. The van der Waals surface area contributed by atoms with E-state index in [0.29, 0.717) is 48.8 Å². The fraction of sp³-hybridized carbons (Fsp3) is 0.435. The van der Waals surface area contributed by atoms with Crippen LogP contribution in [0.4, 0.5) is 0 Å². The van der Waals surface area contributed by atoms with Crippen molar-refractivity contribution in [1.82, 2.24) is 15.6 Å². The van der Waals surface area contributed by atoms with Gasteiger partial charge in [0.25, 0.3) is 11.8 Å². The maximum Gasteiger partial charge on any atom is 0.258 e. The number of hydrogen-bond donors (Lipinski definition) is 3. The summed E-state index contributed by atoms with van der Waals surface area (Å²) in [5.74, 6) is 0.337. The predicted octanol–water partition coefficient (Wildman–Crippen LogP) is 2.24. The lowest BCUT2D eigenvalue weighted by atomic mass is 9.60. The highest BCUT2D eigenvalue weighted by Gasteiger charge is 2.55. The van der Waals surface area contributed by atoms with Crippen molar-refractivity contribution < 1.29 is 24.2 Å². The average molecular weight is 460 g/mol. The Labute approximate surface area is 191 Å². The molecular formula is C23H26ClN3O5. The Balaban J connectivity index is 1.28. The quantitative estimate of drug-likeness (QED) is 0.558. The van der Waals surface area contributed by atoms with Crippen LogP contribution in [0.1, 0.15) is 32.1 Å². The van der Waals surface area contributed by atoms with Gasteiger partial charge in [0.15, 0.2) is 13.2 Å². The number of amides is 2. The summed E-state index contributed by atoms with van der Waals surface area (Å²) in [5.41, 5.74) is -1.19. The van der Waals surface area contributed by atoms with Gasteiger partial charge in [-0.3, -0.25) is 9.59 Å². The van der Waals surface area contributed by atoms with E-state index in [1.165, 1.54) is 0 Å². The Morgan fingerprint density at radius 3 is 2.47 bits per heavy atom. The molecule has 0 aliphatic heterocycles. The van der Waals surface area contributed by atoms with Crippen LogP contribution in [-0.4, -0.2) is 52.3 Å². The average Bonchev–Trinajstić information content (AvgIpc) is 2.78. The van der Waals surface area contributed by atoms with Crippen molar-refractivity contribution in [2.24, 2.45) is 0 Å². The highest BCUT2D eigenvalue weighted by Crippen LogP contribution is 2.47. The van der Waals surface area contributed by atoms with E-state index in [0.717, 1.165) is 0 Å². The molecule has 2 aromatic rings. The van der Waals surface area contributed by atoms with Gasteiger partial charge in [0.05, 0.1) is 11.6 Å². The van der Waals surface area contributed by atoms with E-state index in [1.54, 1.807) is 48.7 Å². The zero-order chi connectivity index (χ0) is 22.6. The minimum Gasteiger partial charge on any atom is -0.484 e. The number of aromatic nitrogens is 1. The summed E-state index contributed by atoms with van der Waals surface area (Å²) in [6, 6.07) is 12.1. The zero-order valence-corrected chi connectivity index (χ0v) is 18.3. The van der Waals surface area contributed by atoms with Crippen LogP contribution in [-0.2, 0) is 9.59 Å². The fourth-order valence-electron chi connectivity index (χ4n) is 4.59. The van der Waals surface area contributed by atoms with Gasteiger partial charge in [0.1, 0.15) is 5.75 Å². The first-order valence-corrected chi connectivity index (χ1v) is 11.0. The van der Waals surface area contributed by atoms with Crippen LogP contribution in [0.15, 0.2) is 48.7 Å². The van der Waals surface area contributed by atoms with Gasteiger partial charge in [0.2, 0.25) is 5.88 Å². The third-order valence-corrected chi connectivity index (χ3v) is 6.50. The van der Waals surface area contributed by atoms with E-state index in [4.69, 9.17) is 21.1 Å². The molecule has 2 bridgehead atoms. The molecule has 5 rings (SSSR count). The Morgan fingerprint density at radius 2 is 1.78 bits per heavy atom. The number of pyridine rings is 1. The molecule has 1 atom stereocenters. The summed E-state index contributed by atoms with van der Waals surface area (Å²) >= 11 is 5.93. The van der Waals surface area contributed by atoms with E-state index < -0.39 is 17.2 Å². The molecule has 170 valence electrons. The van der Waals surface area contributed by atoms with Crippen molar-refractivity contribution in [3.05, 3.63) is 53.7 Å². The van der Waals surface area contributed by atoms with Crippen LogP contribution in [0.25, 0.3) is 0 Å². The summed E-state index contributed by atoms with van der Waals surface area (Å²) in [6.07, 6.45) is 3.66. The van der Waals surface area contributed by atoms with E-state index in [-0.39, 0.29) is 25.0 Å². The first kappa shape index (κ1) is 22.4. The van der Waals surface area contributed by atoms with E-state index in [9.17, 15) is 14.7 Å². The molecule has 0 radical (unpaired) electrons. The van der Waals surface area contributed by atoms with Crippen LogP contribution >= 0.6 is 11.6 Å². The molecule has 2 amide bonds. The summed E-state index contributed by atoms with van der Waals surface area (Å²) in [7, 11) is 0. The number of aliphatic hydroxyl groups excluding tert-OH is 1. The first-order chi connectivity index (χ1) is 15.4. The normalized spacial score (nSPS) is 26.2. The molecule has 0 spiro atoms. The second-order valence-electron chi connectivity index (χ2n) is 8.46. The molecule has 3 aliphatic rings. The van der Waals surface area contributed by atoms with Gasteiger partial charge in [-0.1, -0.05) is 23.7 Å². The van der Waals surface area contributed by atoms with Crippen molar-refractivity contribution >= 4 is 23.4 Å². The SMILES string of the molecule is O=C(COc1ccccn1)NC12CCC(NC(=O)COc3cccc(Cl)c3)(CC1)[C@@H](O)C2. The molecule has 8 nitrogen and oxygen atoms in total. The Hall–Kier alpha value is -2.84. The number of nitrogens with one attached hydrogen (secondary N) is 2. The zero-order valence-electron chi connectivity index (χ0n) is 17.6. The summed E-state index contributed by atoms with van der Waals surface area (Å²) in [6.45, 7) is -0.306. The molecule has 32 heavy (non-hydrogen) atoms. The number of benzene rings is 1. The van der Waals surface area contributed by atoms with Crippen molar-refractivity contribution in [3.8, 4) is 11.6 Å². The van der Waals surface area contributed by atoms with Gasteiger partial charge in [-0.05, 0) is 56.4 Å². The Morgan fingerprint density at radius 1 is 1.03 bits per heavy atom. The molecule has 3 aliphatic carbocycles. The van der Waals surface area contributed by atoms with Gasteiger partial charge >= 0.3 is 0 Å². The van der Waals surface area contributed by atoms with Crippen molar-refractivity contribution in [2.75, 3.05) is 13.2 Å². The van der Waals surface area contributed by atoms with E-state index in [2.05, 4.69) is 15.6 Å². The number of ether oxygens (including phenoxy) is 2. The minimum absolute atomic E-state index is 0.141. The second kappa shape index (κ2) is 9.34. The summed E-state index contributed by atoms with van der Waals surface area (Å²) in [5, 5.41) is 17.4. The van der Waals surface area contributed by atoms with E-state index in [1.807, 2.05) is 0 Å². The standard InChI is InChI=1S/C23H26ClN3O5/c24-16-4-3-5-17(12-16)31-14-20(30)27-23-9-7-22(8-10-23,13-18(23)28)26-19(29)15-32-21-6-1-2-11-25-21/h1-6,11-12,18,28H,7-10,13-15H2,(H,26,29)(H,27,30)/t18-,22?,23?/m0/s1. The number of rotatable bonds is 8. The monoisotopic (exact) mass is 459 g/mol. The highest BCUT2D eigenvalue weighted by molar-refractivity contribution is 6.30.